The first-order valence-corrected chi connectivity index (χ1v) is 9.11. The molecule has 0 unspecified atom stereocenters. The van der Waals surface area contributed by atoms with Gasteiger partial charge in [-0.25, -0.2) is 12.7 Å². The second-order valence-corrected chi connectivity index (χ2v) is 8.22. The maximum Gasteiger partial charge on any atom is 0.309 e. The molecule has 0 bridgehead atoms. The number of amides is 1. The quantitative estimate of drug-likeness (QED) is 0.730. The van der Waals surface area contributed by atoms with Gasteiger partial charge in [0.15, 0.2) is 6.61 Å². The van der Waals surface area contributed by atoms with Crippen molar-refractivity contribution >= 4 is 21.9 Å². The molecule has 1 aromatic rings. The summed E-state index contributed by atoms with van der Waals surface area (Å²) >= 11 is 0. The summed E-state index contributed by atoms with van der Waals surface area (Å²) in [7, 11) is -0.699. The molecule has 0 aromatic heterocycles. The molecular weight excluding hydrogens is 332 g/mol. The Kier molecular flexibility index (Phi) is 5.61. The van der Waals surface area contributed by atoms with Crippen molar-refractivity contribution in [3.8, 4) is 0 Å². The number of rotatable bonds is 7. The highest BCUT2D eigenvalue weighted by Crippen LogP contribution is 2.38. The fraction of sp³-hybridized carbons (Fsp3) is 0.500. The van der Waals surface area contributed by atoms with E-state index in [1.165, 1.54) is 20.2 Å². The van der Waals surface area contributed by atoms with Crippen LogP contribution in [0.2, 0.25) is 0 Å². The van der Waals surface area contributed by atoms with Gasteiger partial charge in [0, 0.05) is 20.6 Å². The molecule has 1 aliphatic rings. The molecule has 7 nitrogen and oxygen atoms in total. The Hall–Kier alpha value is -1.93. The fourth-order valence-electron chi connectivity index (χ4n) is 2.24. The van der Waals surface area contributed by atoms with Crippen LogP contribution < -0.4 is 5.32 Å². The SMILES string of the molecule is C[C@@H]1C[C@@H]1C(=O)OCC(=O)NCc1ccccc1S(=O)(=O)N(C)C. The minimum atomic E-state index is -3.59. The highest BCUT2D eigenvalue weighted by atomic mass is 32.2. The van der Waals surface area contributed by atoms with E-state index in [4.69, 9.17) is 4.74 Å². The minimum Gasteiger partial charge on any atom is -0.455 e. The van der Waals surface area contributed by atoms with Crippen LogP contribution in [-0.2, 0) is 30.9 Å². The Morgan fingerprint density at radius 2 is 1.92 bits per heavy atom. The molecule has 1 fully saturated rings. The predicted octanol–water partition coefficient (Wildman–Crippen LogP) is 0.752. The van der Waals surface area contributed by atoms with E-state index in [1.807, 2.05) is 6.92 Å². The number of carbonyl (C=O) groups excluding carboxylic acids is 2. The van der Waals surface area contributed by atoms with Crippen molar-refractivity contribution in [2.45, 2.75) is 24.8 Å². The van der Waals surface area contributed by atoms with E-state index in [9.17, 15) is 18.0 Å². The third kappa shape index (κ3) is 4.33. The Balaban J connectivity index is 1.92. The van der Waals surface area contributed by atoms with Gasteiger partial charge >= 0.3 is 5.97 Å². The summed E-state index contributed by atoms with van der Waals surface area (Å²) in [6.45, 7) is 1.64. The molecular formula is C16H22N2O5S. The molecule has 132 valence electrons. The summed E-state index contributed by atoms with van der Waals surface area (Å²) in [5.74, 6) is -0.589. The number of esters is 1. The molecule has 1 saturated carbocycles. The molecule has 24 heavy (non-hydrogen) atoms. The lowest BCUT2D eigenvalue weighted by molar-refractivity contribution is -0.150. The molecule has 8 heteroatoms. The minimum absolute atomic E-state index is 0.0411. The van der Waals surface area contributed by atoms with Crippen molar-refractivity contribution in [1.29, 1.82) is 0 Å². The first-order chi connectivity index (χ1) is 11.2. The van der Waals surface area contributed by atoms with Crippen molar-refractivity contribution in [2.75, 3.05) is 20.7 Å². The van der Waals surface area contributed by atoms with Gasteiger partial charge in [-0.2, -0.15) is 0 Å². The second kappa shape index (κ2) is 7.31. The highest BCUT2D eigenvalue weighted by Gasteiger charge is 2.40. The van der Waals surface area contributed by atoms with Crippen LogP contribution in [0.3, 0.4) is 0 Å². The average molecular weight is 354 g/mol. The first-order valence-electron chi connectivity index (χ1n) is 7.67. The summed E-state index contributed by atoms with van der Waals surface area (Å²) in [6, 6.07) is 6.45. The molecule has 2 atom stereocenters. The Labute approximate surface area is 142 Å². The van der Waals surface area contributed by atoms with Crippen molar-refractivity contribution in [3.63, 3.8) is 0 Å². The lowest BCUT2D eigenvalue weighted by Crippen LogP contribution is -2.30. The van der Waals surface area contributed by atoms with E-state index in [0.717, 1.165) is 10.7 Å². The van der Waals surface area contributed by atoms with Crippen molar-refractivity contribution in [3.05, 3.63) is 29.8 Å². The van der Waals surface area contributed by atoms with Crippen LogP contribution in [0.1, 0.15) is 18.9 Å². The van der Waals surface area contributed by atoms with E-state index >= 15 is 0 Å². The lowest BCUT2D eigenvalue weighted by Gasteiger charge is -2.15. The third-order valence-corrected chi connectivity index (χ3v) is 5.88. The lowest BCUT2D eigenvalue weighted by atomic mass is 10.2. The number of hydrogen-bond acceptors (Lipinski definition) is 5. The summed E-state index contributed by atoms with van der Waals surface area (Å²) in [5.41, 5.74) is 0.474. The van der Waals surface area contributed by atoms with Crippen molar-refractivity contribution < 1.29 is 22.7 Å². The number of sulfonamides is 1. The van der Waals surface area contributed by atoms with E-state index in [0.29, 0.717) is 11.5 Å². The average Bonchev–Trinajstić information content (AvgIpc) is 3.27. The largest absolute Gasteiger partial charge is 0.455 e. The van der Waals surface area contributed by atoms with Crippen LogP contribution in [0.4, 0.5) is 0 Å². The Morgan fingerprint density at radius 3 is 2.50 bits per heavy atom. The predicted molar refractivity (Wildman–Crippen MR) is 87.4 cm³/mol. The van der Waals surface area contributed by atoms with Gasteiger partial charge in [-0.05, 0) is 24.0 Å². The van der Waals surface area contributed by atoms with Crippen LogP contribution in [0.25, 0.3) is 0 Å². The summed E-state index contributed by atoms with van der Waals surface area (Å²) < 4.78 is 30.6. The summed E-state index contributed by atoms with van der Waals surface area (Å²) in [4.78, 5) is 23.5. The molecule has 0 saturated heterocycles. The zero-order chi connectivity index (χ0) is 17.9. The van der Waals surface area contributed by atoms with Gasteiger partial charge in [-0.15, -0.1) is 0 Å². The number of nitrogens with zero attached hydrogens (tertiary/aromatic N) is 1. The molecule has 0 radical (unpaired) electrons. The number of carbonyl (C=O) groups is 2. The van der Waals surface area contributed by atoms with E-state index in [1.54, 1.807) is 18.2 Å². The summed E-state index contributed by atoms with van der Waals surface area (Å²) in [6.07, 6.45) is 0.802. The van der Waals surface area contributed by atoms with Crippen LogP contribution in [0.5, 0.6) is 0 Å². The molecule has 1 aromatic carbocycles. The maximum atomic E-state index is 12.3. The first kappa shape index (κ1) is 18.4. The highest BCUT2D eigenvalue weighted by molar-refractivity contribution is 7.89. The third-order valence-electron chi connectivity index (χ3n) is 3.96. The standard InChI is InChI=1S/C16H22N2O5S/c1-11-8-13(11)16(20)23-10-15(19)17-9-12-6-4-5-7-14(12)24(21,22)18(2)3/h4-7,11,13H,8-10H2,1-3H3,(H,17,19)/t11-,13+/m1/s1. The topological polar surface area (TPSA) is 92.8 Å². The molecule has 1 amide bonds. The Morgan fingerprint density at radius 1 is 1.29 bits per heavy atom. The van der Waals surface area contributed by atoms with Crippen molar-refractivity contribution in [2.24, 2.45) is 11.8 Å². The number of benzene rings is 1. The zero-order valence-electron chi connectivity index (χ0n) is 14.0. The zero-order valence-corrected chi connectivity index (χ0v) is 14.8. The Bertz CT molecular complexity index is 730. The van der Waals surface area contributed by atoms with Gasteiger partial charge in [0.1, 0.15) is 0 Å². The fourth-order valence-corrected chi connectivity index (χ4v) is 3.35. The van der Waals surface area contributed by atoms with E-state index in [2.05, 4.69) is 5.32 Å². The normalized spacial score (nSPS) is 19.8. The van der Waals surface area contributed by atoms with Crippen LogP contribution in [0.15, 0.2) is 29.2 Å². The monoisotopic (exact) mass is 354 g/mol. The number of hydrogen-bond donors (Lipinski definition) is 1. The van der Waals surface area contributed by atoms with Gasteiger partial charge in [-0.3, -0.25) is 9.59 Å². The smallest absolute Gasteiger partial charge is 0.309 e. The van der Waals surface area contributed by atoms with Crippen LogP contribution in [0, 0.1) is 11.8 Å². The molecule has 0 aliphatic heterocycles. The van der Waals surface area contributed by atoms with Gasteiger partial charge in [0.05, 0.1) is 10.8 Å². The molecule has 0 spiro atoms. The van der Waals surface area contributed by atoms with Crippen molar-refractivity contribution in [1.82, 2.24) is 9.62 Å². The molecule has 1 aliphatic carbocycles. The van der Waals surface area contributed by atoms with Crippen LogP contribution >= 0.6 is 0 Å². The molecule has 0 heterocycles. The van der Waals surface area contributed by atoms with Gasteiger partial charge < -0.3 is 10.1 Å². The van der Waals surface area contributed by atoms with E-state index in [-0.39, 0.29) is 29.9 Å². The number of ether oxygens (including phenoxy) is 1. The molecule has 2 rings (SSSR count). The van der Waals surface area contributed by atoms with Gasteiger partial charge in [0.25, 0.3) is 5.91 Å². The van der Waals surface area contributed by atoms with Crippen LogP contribution in [-0.4, -0.2) is 45.3 Å². The van der Waals surface area contributed by atoms with E-state index < -0.39 is 15.9 Å². The van der Waals surface area contributed by atoms with Gasteiger partial charge in [0.2, 0.25) is 10.0 Å². The number of nitrogens with one attached hydrogen (secondary N) is 1. The molecule has 1 N–H and O–H groups in total. The van der Waals surface area contributed by atoms with Gasteiger partial charge in [-0.1, -0.05) is 25.1 Å². The summed E-state index contributed by atoms with van der Waals surface area (Å²) in [5, 5.41) is 2.58. The second-order valence-electron chi connectivity index (χ2n) is 6.10. The maximum absolute atomic E-state index is 12.3.